The predicted octanol–water partition coefficient (Wildman–Crippen LogP) is 5.59. The highest BCUT2D eigenvalue weighted by molar-refractivity contribution is 5.46. The highest BCUT2D eigenvalue weighted by atomic mass is 16.7. The van der Waals surface area contributed by atoms with Gasteiger partial charge in [0.2, 0.25) is 6.79 Å². The van der Waals surface area contributed by atoms with Crippen LogP contribution in [-0.2, 0) is 0 Å². The lowest BCUT2D eigenvalue weighted by molar-refractivity contribution is 0.173. The first-order chi connectivity index (χ1) is 11.0. The van der Waals surface area contributed by atoms with Gasteiger partial charge in [0, 0.05) is 6.07 Å². The molecule has 0 saturated carbocycles. The fourth-order valence-corrected chi connectivity index (χ4v) is 2.83. The minimum Gasteiger partial charge on any atom is -0.493 e. The molecule has 0 N–H and O–H groups in total. The van der Waals surface area contributed by atoms with E-state index < -0.39 is 0 Å². The Morgan fingerprint density at radius 2 is 1.96 bits per heavy atom. The van der Waals surface area contributed by atoms with Gasteiger partial charge in [-0.1, -0.05) is 32.4 Å². The number of hydrogen-bond acceptors (Lipinski definition) is 3. The molecule has 1 atom stereocenters. The Kier molecular flexibility index (Phi) is 6.82. The summed E-state index contributed by atoms with van der Waals surface area (Å²) in [5, 5.41) is 0. The first-order valence-corrected chi connectivity index (χ1v) is 8.72. The first-order valence-electron chi connectivity index (χ1n) is 8.72. The molecule has 128 valence electrons. The third-order valence-corrected chi connectivity index (χ3v) is 4.11. The van der Waals surface area contributed by atoms with E-state index in [-0.39, 0.29) is 0 Å². The van der Waals surface area contributed by atoms with Crippen molar-refractivity contribution in [2.45, 2.75) is 53.4 Å². The zero-order chi connectivity index (χ0) is 16.7. The Labute approximate surface area is 140 Å². The van der Waals surface area contributed by atoms with E-state index in [1.807, 2.05) is 18.2 Å². The van der Waals surface area contributed by atoms with Crippen molar-refractivity contribution in [1.29, 1.82) is 0 Å². The summed E-state index contributed by atoms with van der Waals surface area (Å²) in [6.45, 7) is 10.1. The molecule has 2 rings (SSSR count). The molecule has 3 nitrogen and oxygen atoms in total. The van der Waals surface area contributed by atoms with E-state index in [1.54, 1.807) is 0 Å². The molecule has 0 bridgehead atoms. The molecular formula is C20H30O3. The predicted molar refractivity (Wildman–Crippen MR) is 94.3 cm³/mol. The van der Waals surface area contributed by atoms with Crippen molar-refractivity contribution in [2.24, 2.45) is 11.8 Å². The number of fused-ring (bicyclic) bond motifs is 1. The SMILES string of the molecule is C/C(=C\CCC(C)CCOc1ccc2c(c1)OCO2)CC(C)C. The summed E-state index contributed by atoms with van der Waals surface area (Å²) in [4.78, 5) is 0. The maximum Gasteiger partial charge on any atom is 0.231 e. The summed E-state index contributed by atoms with van der Waals surface area (Å²) in [7, 11) is 0. The summed E-state index contributed by atoms with van der Waals surface area (Å²) in [5.41, 5.74) is 1.52. The summed E-state index contributed by atoms with van der Waals surface area (Å²) in [5.74, 6) is 3.86. The van der Waals surface area contributed by atoms with Crippen LogP contribution in [0, 0.1) is 11.8 Å². The summed E-state index contributed by atoms with van der Waals surface area (Å²) in [6.07, 6.45) is 7.08. The second-order valence-corrected chi connectivity index (χ2v) is 6.98. The minimum atomic E-state index is 0.305. The highest BCUT2D eigenvalue weighted by Gasteiger charge is 2.13. The van der Waals surface area contributed by atoms with Crippen molar-refractivity contribution >= 4 is 0 Å². The number of allylic oxidation sites excluding steroid dienone is 2. The van der Waals surface area contributed by atoms with E-state index >= 15 is 0 Å². The van der Waals surface area contributed by atoms with Crippen molar-refractivity contribution in [3.05, 3.63) is 29.8 Å². The second kappa shape index (κ2) is 8.85. The quantitative estimate of drug-likeness (QED) is 0.555. The Balaban J connectivity index is 1.64. The molecule has 3 heteroatoms. The molecule has 1 unspecified atom stereocenters. The summed E-state index contributed by atoms with van der Waals surface area (Å²) >= 11 is 0. The van der Waals surface area contributed by atoms with Gasteiger partial charge in [-0.15, -0.1) is 0 Å². The van der Waals surface area contributed by atoms with E-state index in [1.165, 1.54) is 24.8 Å². The highest BCUT2D eigenvalue weighted by Crippen LogP contribution is 2.35. The van der Waals surface area contributed by atoms with E-state index in [0.29, 0.717) is 12.7 Å². The molecule has 0 saturated heterocycles. The van der Waals surface area contributed by atoms with Crippen LogP contribution in [0.1, 0.15) is 53.4 Å². The zero-order valence-corrected chi connectivity index (χ0v) is 14.9. The van der Waals surface area contributed by atoms with E-state index in [2.05, 4.69) is 33.8 Å². The third-order valence-electron chi connectivity index (χ3n) is 4.11. The molecule has 0 aliphatic carbocycles. The van der Waals surface area contributed by atoms with Gasteiger partial charge in [0.05, 0.1) is 6.61 Å². The maximum absolute atomic E-state index is 5.83. The lowest BCUT2D eigenvalue weighted by atomic mass is 9.99. The normalized spacial score (nSPS) is 15.1. The fraction of sp³-hybridized carbons (Fsp3) is 0.600. The number of benzene rings is 1. The molecule has 0 radical (unpaired) electrons. The first kappa shape index (κ1) is 17.7. The zero-order valence-electron chi connectivity index (χ0n) is 14.9. The third kappa shape index (κ3) is 6.17. The van der Waals surface area contributed by atoms with Gasteiger partial charge in [-0.2, -0.15) is 0 Å². The van der Waals surface area contributed by atoms with E-state index in [4.69, 9.17) is 14.2 Å². The monoisotopic (exact) mass is 318 g/mol. The van der Waals surface area contributed by atoms with Crippen LogP contribution in [0.2, 0.25) is 0 Å². The molecule has 0 spiro atoms. The molecule has 23 heavy (non-hydrogen) atoms. The average Bonchev–Trinajstić information content (AvgIpc) is 2.94. The van der Waals surface area contributed by atoms with Crippen molar-refractivity contribution in [3.8, 4) is 17.2 Å². The second-order valence-electron chi connectivity index (χ2n) is 6.98. The van der Waals surface area contributed by atoms with Crippen LogP contribution in [0.4, 0.5) is 0 Å². The van der Waals surface area contributed by atoms with Crippen LogP contribution < -0.4 is 14.2 Å². The number of rotatable bonds is 9. The molecule has 1 heterocycles. The van der Waals surface area contributed by atoms with E-state index in [9.17, 15) is 0 Å². The van der Waals surface area contributed by atoms with Crippen LogP contribution in [-0.4, -0.2) is 13.4 Å². The van der Waals surface area contributed by atoms with Gasteiger partial charge in [0.15, 0.2) is 11.5 Å². The van der Waals surface area contributed by atoms with Gasteiger partial charge in [0.1, 0.15) is 5.75 Å². The fourth-order valence-electron chi connectivity index (χ4n) is 2.83. The van der Waals surface area contributed by atoms with Gasteiger partial charge in [-0.25, -0.2) is 0 Å². The lowest BCUT2D eigenvalue weighted by Crippen LogP contribution is -2.04. The van der Waals surface area contributed by atoms with Crippen molar-refractivity contribution in [2.75, 3.05) is 13.4 Å². The maximum atomic E-state index is 5.83. The standard InChI is InChI=1S/C20H30O3/c1-15(2)12-17(4)7-5-6-16(3)10-11-21-18-8-9-19-20(13-18)23-14-22-19/h7-9,13,15-16H,5-6,10-12,14H2,1-4H3/b17-7+. The van der Waals surface area contributed by atoms with Crippen LogP contribution in [0.15, 0.2) is 29.8 Å². The van der Waals surface area contributed by atoms with Crippen LogP contribution in [0.25, 0.3) is 0 Å². The Morgan fingerprint density at radius 3 is 2.74 bits per heavy atom. The van der Waals surface area contributed by atoms with Crippen LogP contribution in [0.5, 0.6) is 17.2 Å². The topological polar surface area (TPSA) is 27.7 Å². The largest absolute Gasteiger partial charge is 0.493 e. The number of ether oxygens (including phenoxy) is 3. The molecule has 0 amide bonds. The number of hydrogen-bond donors (Lipinski definition) is 0. The Bertz CT molecular complexity index is 520. The molecule has 0 fully saturated rings. The molecule has 1 aromatic carbocycles. The van der Waals surface area contributed by atoms with Gasteiger partial charge >= 0.3 is 0 Å². The van der Waals surface area contributed by atoms with Gasteiger partial charge in [-0.3, -0.25) is 0 Å². The Hall–Kier alpha value is -1.64. The van der Waals surface area contributed by atoms with E-state index in [0.717, 1.165) is 36.2 Å². The van der Waals surface area contributed by atoms with Crippen molar-refractivity contribution in [3.63, 3.8) is 0 Å². The van der Waals surface area contributed by atoms with Crippen molar-refractivity contribution < 1.29 is 14.2 Å². The van der Waals surface area contributed by atoms with Gasteiger partial charge in [-0.05, 0) is 56.6 Å². The van der Waals surface area contributed by atoms with Crippen molar-refractivity contribution in [1.82, 2.24) is 0 Å². The lowest BCUT2D eigenvalue weighted by Gasteiger charge is -2.12. The molecular weight excluding hydrogens is 288 g/mol. The molecule has 1 aromatic rings. The minimum absolute atomic E-state index is 0.305. The summed E-state index contributed by atoms with van der Waals surface area (Å²) < 4.78 is 16.5. The summed E-state index contributed by atoms with van der Waals surface area (Å²) in [6, 6.07) is 5.75. The van der Waals surface area contributed by atoms with Crippen LogP contribution >= 0.6 is 0 Å². The molecule has 1 aliphatic rings. The molecule has 0 aromatic heterocycles. The van der Waals surface area contributed by atoms with Crippen LogP contribution in [0.3, 0.4) is 0 Å². The van der Waals surface area contributed by atoms with Gasteiger partial charge < -0.3 is 14.2 Å². The van der Waals surface area contributed by atoms with Gasteiger partial charge in [0.25, 0.3) is 0 Å². The smallest absolute Gasteiger partial charge is 0.231 e. The Morgan fingerprint density at radius 1 is 1.17 bits per heavy atom. The average molecular weight is 318 g/mol. The molecule has 1 aliphatic heterocycles.